The maximum Gasteiger partial charge on any atom is 0.305 e. The molecule has 0 aromatic rings. The van der Waals surface area contributed by atoms with Crippen molar-refractivity contribution in [2.75, 3.05) is 0 Å². The van der Waals surface area contributed by atoms with Gasteiger partial charge in [0.15, 0.2) is 12.2 Å². The summed E-state index contributed by atoms with van der Waals surface area (Å²) in [7, 11) is 0. The molecule has 5 atom stereocenters. The molecule has 1 aliphatic rings. The van der Waals surface area contributed by atoms with Crippen molar-refractivity contribution in [3.63, 3.8) is 0 Å². The number of rotatable bonds is 7. The van der Waals surface area contributed by atoms with Crippen LogP contribution in [0.1, 0.15) is 48.0 Å². The third-order valence-corrected chi connectivity index (χ3v) is 3.83. The molecule has 10 heteroatoms. The molecule has 0 aromatic heterocycles. The van der Waals surface area contributed by atoms with Crippen molar-refractivity contribution >= 4 is 29.7 Å². The highest BCUT2D eigenvalue weighted by Gasteiger charge is 2.53. The zero-order valence-corrected chi connectivity index (χ0v) is 16.8. The van der Waals surface area contributed by atoms with Crippen LogP contribution in [0.15, 0.2) is 0 Å². The van der Waals surface area contributed by atoms with Gasteiger partial charge in [0, 0.05) is 40.0 Å². The van der Waals surface area contributed by atoms with Crippen molar-refractivity contribution in [1.29, 1.82) is 0 Å². The fourth-order valence-corrected chi connectivity index (χ4v) is 2.71. The number of hydrogen-bond acceptors (Lipinski definition) is 10. The minimum Gasteiger partial charge on any atom is -0.456 e. The second kappa shape index (κ2) is 10.2. The average molecular weight is 402 g/mol. The van der Waals surface area contributed by atoms with Gasteiger partial charge in [0.05, 0.1) is 0 Å². The summed E-state index contributed by atoms with van der Waals surface area (Å²) in [6.07, 6.45) is -6.71. The highest BCUT2D eigenvalue weighted by molar-refractivity contribution is 5.81. The van der Waals surface area contributed by atoms with Gasteiger partial charge in [-0.2, -0.15) is 0 Å². The number of hydrogen-bond donors (Lipinski definition) is 0. The minimum absolute atomic E-state index is 0.196. The summed E-state index contributed by atoms with van der Waals surface area (Å²) < 4.78 is 26.3. The Balaban J connectivity index is 3.35. The SMILES string of the molecule is CC(=O)OC1OC(CC(=O)C(C)C)[C@H](OC(C)=O)[C@@H](OC(C)=O)[C@@H]1OC(C)=O. The van der Waals surface area contributed by atoms with E-state index in [1.807, 2.05) is 0 Å². The molecule has 0 N–H and O–H groups in total. The summed E-state index contributed by atoms with van der Waals surface area (Å²) in [5, 5.41) is 0. The van der Waals surface area contributed by atoms with Crippen molar-refractivity contribution in [2.45, 2.75) is 78.7 Å². The van der Waals surface area contributed by atoms with Crippen molar-refractivity contribution in [2.24, 2.45) is 5.92 Å². The van der Waals surface area contributed by atoms with Crippen molar-refractivity contribution in [1.82, 2.24) is 0 Å². The molecule has 1 heterocycles. The number of carbonyl (C=O) groups excluding carboxylic acids is 5. The van der Waals surface area contributed by atoms with E-state index >= 15 is 0 Å². The van der Waals surface area contributed by atoms with Gasteiger partial charge in [-0.1, -0.05) is 13.8 Å². The lowest BCUT2D eigenvalue weighted by Crippen LogP contribution is -2.62. The molecular weight excluding hydrogens is 376 g/mol. The van der Waals surface area contributed by atoms with E-state index in [4.69, 9.17) is 23.7 Å². The number of esters is 4. The van der Waals surface area contributed by atoms with Gasteiger partial charge < -0.3 is 23.7 Å². The molecule has 1 saturated heterocycles. The summed E-state index contributed by atoms with van der Waals surface area (Å²) in [6.45, 7) is 7.82. The molecule has 0 amide bonds. The molecule has 0 radical (unpaired) electrons. The van der Waals surface area contributed by atoms with Crippen molar-refractivity contribution < 1.29 is 47.7 Å². The molecule has 1 rings (SSSR count). The smallest absolute Gasteiger partial charge is 0.305 e. The summed E-state index contributed by atoms with van der Waals surface area (Å²) in [6, 6.07) is 0. The van der Waals surface area contributed by atoms with Gasteiger partial charge in [-0.15, -0.1) is 0 Å². The van der Waals surface area contributed by atoms with Crippen LogP contribution in [-0.2, 0) is 47.7 Å². The lowest BCUT2D eigenvalue weighted by atomic mass is 9.92. The molecule has 0 aliphatic carbocycles. The van der Waals surface area contributed by atoms with E-state index in [2.05, 4.69) is 0 Å². The Morgan fingerprint density at radius 3 is 1.57 bits per heavy atom. The van der Waals surface area contributed by atoms with Crippen LogP contribution in [0.4, 0.5) is 0 Å². The van der Waals surface area contributed by atoms with Crippen LogP contribution in [0.5, 0.6) is 0 Å². The fraction of sp³-hybridized carbons (Fsp3) is 0.722. The van der Waals surface area contributed by atoms with E-state index in [1.165, 1.54) is 0 Å². The van der Waals surface area contributed by atoms with Crippen LogP contribution in [0, 0.1) is 5.92 Å². The van der Waals surface area contributed by atoms with Gasteiger partial charge in [0.2, 0.25) is 12.4 Å². The zero-order valence-electron chi connectivity index (χ0n) is 16.8. The van der Waals surface area contributed by atoms with Crippen molar-refractivity contribution in [3.8, 4) is 0 Å². The summed E-state index contributed by atoms with van der Waals surface area (Å²) in [5.41, 5.74) is 0. The number of carbonyl (C=O) groups is 5. The molecular formula is C18H26O10. The molecule has 1 fully saturated rings. The van der Waals surface area contributed by atoms with E-state index in [-0.39, 0.29) is 18.1 Å². The van der Waals surface area contributed by atoms with Crippen LogP contribution >= 0.6 is 0 Å². The van der Waals surface area contributed by atoms with Gasteiger partial charge in [-0.05, 0) is 0 Å². The van der Waals surface area contributed by atoms with Gasteiger partial charge in [0.25, 0.3) is 0 Å². The summed E-state index contributed by atoms with van der Waals surface area (Å²) >= 11 is 0. The van der Waals surface area contributed by atoms with Gasteiger partial charge in [-0.3, -0.25) is 24.0 Å². The molecule has 0 aromatic carbocycles. The number of ether oxygens (including phenoxy) is 5. The Labute approximate surface area is 162 Å². The molecule has 2 unspecified atom stereocenters. The topological polar surface area (TPSA) is 132 Å². The molecule has 0 spiro atoms. The van der Waals surface area contributed by atoms with Crippen LogP contribution in [0.25, 0.3) is 0 Å². The Bertz CT molecular complexity index is 626. The molecule has 0 saturated carbocycles. The molecule has 1 aliphatic heterocycles. The first-order valence-electron chi connectivity index (χ1n) is 8.79. The first-order chi connectivity index (χ1) is 12.9. The standard InChI is InChI=1S/C18H26O10/c1-8(2)13(23)7-14-15(24-9(3)19)16(25-10(4)20)17(26-11(5)21)18(28-14)27-12(6)22/h8,14-18H,7H2,1-6H3/t14?,15-,16+,17-,18?/m0/s1. The largest absolute Gasteiger partial charge is 0.456 e. The normalized spacial score (nSPS) is 26.9. The Morgan fingerprint density at radius 2 is 1.14 bits per heavy atom. The van der Waals surface area contributed by atoms with Crippen molar-refractivity contribution in [3.05, 3.63) is 0 Å². The monoisotopic (exact) mass is 402 g/mol. The van der Waals surface area contributed by atoms with Gasteiger partial charge in [0.1, 0.15) is 11.9 Å². The molecule has 28 heavy (non-hydrogen) atoms. The van der Waals surface area contributed by atoms with E-state index < -0.39 is 54.6 Å². The Morgan fingerprint density at radius 1 is 0.714 bits per heavy atom. The van der Waals surface area contributed by atoms with Gasteiger partial charge in [-0.25, -0.2) is 0 Å². The maximum atomic E-state index is 12.2. The first-order valence-corrected chi connectivity index (χ1v) is 8.79. The van der Waals surface area contributed by atoms with Crippen LogP contribution < -0.4 is 0 Å². The second-order valence-electron chi connectivity index (χ2n) is 6.70. The summed E-state index contributed by atoms with van der Waals surface area (Å²) in [5.74, 6) is -3.54. The average Bonchev–Trinajstić information content (AvgIpc) is 2.52. The lowest BCUT2D eigenvalue weighted by Gasteiger charge is -2.43. The quantitative estimate of drug-likeness (QED) is 0.442. The Kier molecular flexibility index (Phi) is 8.55. The van der Waals surface area contributed by atoms with E-state index in [0.29, 0.717) is 0 Å². The van der Waals surface area contributed by atoms with Gasteiger partial charge >= 0.3 is 23.9 Å². The fourth-order valence-electron chi connectivity index (χ4n) is 2.71. The lowest BCUT2D eigenvalue weighted by molar-refractivity contribution is -0.295. The highest BCUT2D eigenvalue weighted by atomic mass is 16.7. The molecule has 10 nitrogen and oxygen atoms in total. The molecule has 0 bridgehead atoms. The number of ketones is 1. The molecule has 158 valence electrons. The minimum atomic E-state index is -1.46. The van der Waals surface area contributed by atoms with E-state index in [9.17, 15) is 24.0 Å². The van der Waals surface area contributed by atoms with Crippen LogP contribution in [0.2, 0.25) is 0 Å². The summed E-state index contributed by atoms with van der Waals surface area (Å²) in [4.78, 5) is 58.5. The zero-order chi connectivity index (χ0) is 21.6. The Hall–Kier alpha value is -2.49. The highest BCUT2D eigenvalue weighted by Crippen LogP contribution is 2.31. The third kappa shape index (κ3) is 6.91. The maximum absolute atomic E-state index is 12.2. The third-order valence-electron chi connectivity index (χ3n) is 3.83. The van der Waals surface area contributed by atoms with Crippen LogP contribution in [0.3, 0.4) is 0 Å². The second-order valence-corrected chi connectivity index (χ2v) is 6.70. The van der Waals surface area contributed by atoms with E-state index in [1.54, 1.807) is 13.8 Å². The predicted octanol–water partition coefficient (Wildman–Crippen LogP) is 0.685. The van der Waals surface area contributed by atoms with E-state index in [0.717, 1.165) is 27.7 Å². The van der Waals surface area contributed by atoms with Crippen LogP contribution in [-0.4, -0.2) is 60.4 Å². The predicted molar refractivity (Wildman–Crippen MR) is 91.6 cm³/mol. The first kappa shape index (κ1) is 23.5. The number of Topliss-reactive ketones (excluding diaryl/α,β-unsaturated/α-hetero) is 1.